The van der Waals surface area contributed by atoms with E-state index in [-0.39, 0.29) is 46.1 Å². The van der Waals surface area contributed by atoms with Gasteiger partial charge in [0, 0.05) is 60.9 Å². The zero-order chi connectivity index (χ0) is 37.5. The highest BCUT2D eigenvalue weighted by atomic mass is 32.1. The van der Waals surface area contributed by atoms with Crippen LogP contribution in [0.4, 0.5) is 10.4 Å². The highest BCUT2D eigenvalue weighted by Crippen LogP contribution is 2.38. The SMILES string of the molecule is COc1cc(NC(=O)CCN(C)[C@H]2CC[C@H](OC(=O)C(O)(c3cccs3)c3cccs3)CC2)ccc1CNC[C@H](O)c1ccc(O)c2[nH]c(=O)ccc12.F. The highest BCUT2D eigenvalue weighted by molar-refractivity contribution is 7.12. The summed E-state index contributed by atoms with van der Waals surface area (Å²) >= 11 is 2.65. The molecule has 1 fully saturated rings. The number of benzene rings is 2. The minimum absolute atomic E-state index is 0. The van der Waals surface area contributed by atoms with E-state index in [2.05, 4.69) is 20.5 Å². The van der Waals surface area contributed by atoms with Crippen LogP contribution in [0.1, 0.15) is 59.1 Å². The van der Waals surface area contributed by atoms with Gasteiger partial charge in [-0.1, -0.05) is 24.3 Å². The Balaban J connectivity index is 0.00000561. The van der Waals surface area contributed by atoms with E-state index >= 15 is 0 Å². The Bertz CT molecular complexity index is 2030. The summed E-state index contributed by atoms with van der Waals surface area (Å²) < 4.78 is 11.5. The van der Waals surface area contributed by atoms with Crippen LogP contribution < -0.4 is 20.9 Å². The van der Waals surface area contributed by atoms with Gasteiger partial charge in [-0.25, -0.2) is 4.79 Å². The van der Waals surface area contributed by atoms with Crippen molar-refractivity contribution >= 4 is 51.1 Å². The topological polar surface area (TPSA) is 173 Å². The minimum Gasteiger partial charge on any atom is -0.506 e. The molecular weight excluding hydrogens is 736 g/mol. The van der Waals surface area contributed by atoms with Crippen LogP contribution in [-0.2, 0) is 26.5 Å². The maximum atomic E-state index is 13.4. The van der Waals surface area contributed by atoms with Gasteiger partial charge in [-0.3, -0.25) is 14.3 Å². The van der Waals surface area contributed by atoms with E-state index in [0.717, 1.165) is 18.4 Å². The number of aliphatic hydroxyl groups is 2. The number of esters is 1. The number of anilines is 1. The number of aromatic hydroxyl groups is 1. The summed E-state index contributed by atoms with van der Waals surface area (Å²) in [7, 11) is 3.56. The molecule has 5 aromatic rings. The third kappa shape index (κ3) is 9.17. The Morgan fingerprint density at radius 1 is 1.02 bits per heavy atom. The number of ether oxygens (including phenoxy) is 2. The molecule has 54 heavy (non-hydrogen) atoms. The van der Waals surface area contributed by atoms with Crippen LogP contribution in [0.3, 0.4) is 0 Å². The predicted octanol–water partition coefficient (Wildman–Crippen LogP) is 5.39. The molecule has 1 aliphatic rings. The van der Waals surface area contributed by atoms with Crippen molar-refractivity contribution in [1.29, 1.82) is 0 Å². The number of fused-ring (bicyclic) bond motifs is 1. The van der Waals surface area contributed by atoms with Crippen LogP contribution in [-0.4, -0.2) is 76.5 Å². The number of methoxy groups -OCH3 is 1. The second-order valence-electron chi connectivity index (χ2n) is 13.2. The summed E-state index contributed by atoms with van der Waals surface area (Å²) in [5.41, 5.74) is 0.128. The molecule has 1 atom stereocenters. The van der Waals surface area contributed by atoms with E-state index in [0.29, 0.717) is 64.5 Å². The molecule has 3 aromatic heterocycles. The normalized spacial score (nSPS) is 16.5. The first-order valence-electron chi connectivity index (χ1n) is 17.5. The molecule has 0 unspecified atom stereocenters. The number of aromatic amines is 1. The van der Waals surface area contributed by atoms with E-state index in [1.54, 1.807) is 37.4 Å². The van der Waals surface area contributed by atoms with E-state index < -0.39 is 17.7 Å². The predicted molar refractivity (Wildman–Crippen MR) is 208 cm³/mol. The van der Waals surface area contributed by atoms with E-state index in [1.165, 1.54) is 34.8 Å². The molecule has 1 aliphatic carbocycles. The third-order valence-corrected chi connectivity index (χ3v) is 11.7. The second-order valence-corrected chi connectivity index (χ2v) is 15.1. The summed E-state index contributed by atoms with van der Waals surface area (Å²) in [4.78, 5) is 43.9. The van der Waals surface area contributed by atoms with E-state index in [4.69, 9.17) is 9.47 Å². The van der Waals surface area contributed by atoms with Crippen LogP contribution in [0, 0.1) is 0 Å². The first-order valence-corrected chi connectivity index (χ1v) is 19.2. The molecule has 6 N–H and O–H groups in total. The Labute approximate surface area is 319 Å². The van der Waals surface area contributed by atoms with Crippen molar-refractivity contribution < 1.29 is 39.1 Å². The first-order chi connectivity index (χ1) is 25.6. The fourth-order valence-electron chi connectivity index (χ4n) is 6.79. The number of aromatic nitrogens is 1. The number of amides is 1. The van der Waals surface area contributed by atoms with Crippen molar-refractivity contribution in [2.75, 3.05) is 32.6 Å². The zero-order valence-electron chi connectivity index (χ0n) is 29.9. The number of carbonyl (C=O) groups excluding carboxylic acids is 2. The third-order valence-electron chi connectivity index (χ3n) is 9.77. The molecule has 288 valence electrons. The lowest BCUT2D eigenvalue weighted by atomic mass is 9.91. The van der Waals surface area contributed by atoms with Gasteiger partial charge in [0.15, 0.2) is 0 Å². The number of thiophene rings is 2. The average molecular weight is 781 g/mol. The van der Waals surface area contributed by atoms with Gasteiger partial charge in [-0.15, -0.1) is 22.7 Å². The van der Waals surface area contributed by atoms with Gasteiger partial charge in [0.1, 0.15) is 17.6 Å². The molecular formula is C39H45FN4O8S2. The molecule has 12 nitrogen and oxygen atoms in total. The fourth-order valence-corrected chi connectivity index (χ4v) is 8.50. The smallest absolute Gasteiger partial charge is 0.349 e. The molecule has 0 radical (unpaired) electrons. The Hall–Kier alpha value is -4.64. The average Bonchev–Trinajstić information content (AvgIpc) is 3.91. The van der Waals surface area contributed by atoms with Gasteiger partial charge >= 0.3 is 5.97 Å². The minimum atomic E-state index is -1.81. The van der Waals surface area contributed by atoms with Gasteiger partial charge in [-0.05, 0) is 79.4 Å². The van der Waals surface area contributed by atoms with Crippen LogP contribution in [0.25, 0.3) is 10.9 Å². The summed E-state index contributed by atoms with van der Waals surface area (Å²) in [6.45, 7) is 1.15. The monoisotopic (exact) mass is 780 g/mol. The maximum absolute atomic E-state index is 13.4. The number of halogens is 1. The number of nitrogens with one attached hydrogen (secondary N) is 3. The van der Waals surface area contributed by atoms with E-state index in [9.17, 15) is 29.7 Å². The second kappa shape index (κ2) is 18.1. The van der Waals surface area contributed by atoms with Crippen molar-refractivity contribution in [3.8, 4) is 11.5 Å². The Kier molecular flexibility index (Phi) is 13.6. The lowest BCUT2D eigenvalue weighted by Crippen LogP contribution is -2.42. The zero-order valence-corrected chi connectivity index (χ0v) is 31.6. The van der Waals surface area contributed by atoms with Gasteiger partial charge in [-0.2, -0.15) is 0 Å². The molecule has 0 bridgehead atoms. The number of hydrogen-bond donors (Lipinski definition) is 6. The number of phenolic OH excluding ortho intramolecular Hbond substituents is 1. The van der Waals surface area contributed by atoms with Crippen molar-refractivity contribution in [3.05, 3.63) is 109 Å². The largest absolute Gasteiger partial charge is 0.506 e. The first kappa shape index (κ1) is 40.5. The number of rotatable bonds is 15. The summed E-state index contributed by atoms with van der Waals surface area (Å²) in [5.74, 6) is -0.257. The molecule has 1 amide bonds. The van der Waals surface area contributed by atoms with Crippen LogP contribution in [0.15, 0.2) is 82.3 Å². The lowest BCUT2D eigenvalue weighted by Gasteiger charge is -2.35. The number of aliphatic hydroxyl groups excluding tert-OH is 1. The van der Waals surface area contributed by atoms with E-state index in [1.807, 2.05) is 42.1 Å². The van der Waals surface area contributed by atoms with Gasteiger partial charge in [0.25, 0.3) is 0 Å². The van der Waals surface area contributed by atoms with Crippen molar-refractivity contribution in [2.45, 2.75) is 62.5 Å². The lowest BCUT2D eigenvalue weighted by molar-refractivity contribution is -0.169. The molecule has 15 heteroatoms. The van der Waals surface area contributed by atoms with Gasteiger partial charge in [0.2, 0.25) is 17.1 Å². The summed E-state index contributed by atoms with van der Waals surface area (Å²) in [5, 5.41) is 43.0. The summed E-state index contributed by atoms with van der Waals surface area (Å²) in [6, 6.07) is 18.8. The summed E-state index contributed by atoms with van der Waals surface area (Å²) in [6.07, 6.45) is 2.07. The van der Waals surface area contributed by atoms with Gasteiger partial charge < -0.3 is 45.3 Å². The number of nitrogens with zero attached hydrogens (tertiary/aromatic N) is 1. The van der Waals surface area contributed by atoms with Crippen LogP contribution in [0.5, 0.6) is 11.5 Å². The van der Waals surface area contributed by atoms with Crippen LogP contribution >= 0.6 is 22.7 Å². The molecule has 2 aromatic carbocycles. The molecule has 3 heterocycles. The van der Waals surface area contributed by atoms with Crippen molar-refractivity contribution in [1.82, 2.24) is 15.2 Å². The van der Waals surface area contributed by atoms with Gasteiger partial charge in [0.05, 0.1) is 28.5 Å². The number of carbonyl (C=O) groups is 2. The van der Waals surface area contributed by atoms with Crippen molar-refractivity contribution in [3.63, 3.8) is 0 Å². The molecule has 1 saturated carbocycles. The molecule has 0 spiro atoms. The number of pyridine rings is 1. The highest BCUT2D eigenvalue weighted by Gasteiger charge is 2.45. The Morgan fingerprint density at radius 3 is 2.37 bits per heavy atom. The maximum Gasteiger partial charge on any atom is 0.349 e. The number of H-pyrrole nitrogens is 1. The van der Waals surface area contributed by atoms with Crippen LogP contribution in [0.2, 0.25) is 0 Å². The van der Waals surface area contributed by atoms with Crippen molar-refractivity contribution in [2.24, 2.45) is 0 Å². The molecule has 0 aliphatic heterocycles. The standard InChI is InChI=1S/C39H44N4O8S2.FH/c1-43(26-9-11-27(12-10-26)51-38(48)39(49,33-5-3-19-52-33)34-6-4-20-53-34)18-17-36(47)41-25-8-7-24(32(21-25)50-2)22-40-23-31(45)28-13-15-30(44)37-29(28)14-16-35(46)42-37;/h3-8,13-16,19-21,26-27,31,40,44-45,49H,9-12,17-18,22-23H2,1-2H3,(H,41,47)(H,42,46);1H/t26-,27-,31-;/m0./s1. The Morgan fingerprint density at radius 2 is 1.72 bits per heavy atom. The molecule has 0 saturated heterocycles. The fraction of sp³-hybridized carbons (Fsp3) is 0.359. The number of hydrogen-bond acceptors (Lipinski definition) is 12. The molecule has 6 rings (SSSR count). The number of phenols is 1. The quantitative estimate of drug-likeness (QED) is 0.0757.